The number of amides is 2. The van der Waals surface area contributed by atoms with Gasteiger partial charge in [-0.2, -0.15) is 0 Å². The van der Waals surface area contributed by atoms with Crippen LogP contribution in [0.3, 0.4) is 0 Å². The average molecular weight is 403 g/mol. The van der Waals surface area contributed by atoms with Gasteiger partial charge >= 0.3 is 0 Å². The van der Waals surface area contributed by atoms with Gasteiger partial charge in [0.15, 0.2) is 6.10 Å². The number of nitrogens with one attached hydrogen (secondary N) is 1. The SMILES string of the molecule is C[C@H](Oc1ccc(Br)cc1)C(=O)Nc1ccc(N2CCCC2=O)cc1. The summed E-state index contributed by atoms with van der Waals surface area (Å²) in [5.41, 5.74) is 1.53. The van der Waals surface area contributed by atoms with Crippen LogP contribution in [0.15, 0.2) is 53.0 Å². The van der Waals surface area contributed by atoms with E-state index in [9.17, 15) is 9.59 Å². The minimum atomic E-state index is -0.624. The minimum absolute atomic E-state index is 0.147. The summed E-state index contributed by atoms with van der Waals surface area (Å²) in [6, 6.07) is 14.6. The highest BCUT2D eigenvalue weighted by Crippen LogP contribution is 2.23. The van der Waals surface area contributed by atoms with Gasteiger partial charge in [0.05, 0.1) is 0 Å². The smallest absolute Gasteiger partial charge is 0.265 e. The lowest BCUT2D eigenvalue weighted by Gasteiger charge is -2.17. The number of ether oxygens (including phenoxy) is 1. The van der Waals surface area contributed by atoms with Crippen molar-refractivity contribution in [3.63, 3.8) is 0 Å². The zero-order valence-electron chi connectivity index (χ0n) is 13.9. The fourth-order valence-corrected chi connectivity index (χ4v) is 2.92. The van der Waals surface area contributed by atoms with E-state index < -0.39 is 6.10 Å². The first-order chi connectivity index (χ1) is 12.0. The van der Waals surface area contributed by atoms with Crippen molar-refractivity contribution in [2.45, 2.75) is 25.9 Å². The molecule has 1 saturated heterocycles. The minimum Gasteiger partial charge on any atom is -0.481 e. The van der Waals surface area contributed by atoms with Gasteiger partial charge in [0.25, 0.3) is 5.91 Å². The highest BCUT2D eigenvalue weighted by molar-refractivity contribution is 9.10. The molecule has 0 aromatic heterocycles. The van der Waals surface area contributed by atoms with E-state index in [-0.39, 0.29) is 11.8 Å². The van der Waals surface area contributed by atoms with Crippen molar-refractivity contribution in [3.05, 3.63) is 53.0 Å². The van der Waals surface area contributed by atoms with Crippen molar-refractivity contribution in [3.8, 4) is 5.75 Å². The lowest BCUT2D eigenvalue weighted by Crippen LogP contribution is -2.30. The molecule has 130 valence electrons. The van der Waals surface area contributed by atoms with E-state index in [1.165, 1.54) is 0 Å². The normalized spacial score (nSPS) is 15.1. The van der Waals surface area contributed by atoms with Gasteiger partial charge in [0.2, 0.25) is 5.91 Å². The Bertz CT molecular complexity index is 759. The van der Waals surface area contributed by atoms with E-state index >= 15 is 0 Å². The molecule has 6 heteroatoms. The number of hydrogen-bond donors (Lipinski definition) is 1. The molecule has 0 aliphatic carbocycles. The Morgan fingerprint density at radius 3 is 2.44 bits per heavy atom. The number of nitrogens with zero attached hydrogens (tertiary/aromatic N) is 1. The number of halogens is 1. The Morgan fingerprint density at radius 1 is 1.16 bits per heavy atom. The van der Waals surface area contributed by atoms with Crippen LogP contribution in [0.25, 0.3) is 0 Å². The van der Waals surface area contributed by atoms with Crippen molar-refractivity contribution in [2.24, 2.45) is 0 Å². The Labute approximate surface area is 155 Å². The molecule has 0 saturated carbocycles. The third-order valence-corrected chi connectivity index (χ3v) is 4.54. The van der Waals surface area contributed by atoms with Crippen molar-refractivity contribution < 1.29 is 14.3 Å². The predicted molar refractivity (Wildman–Crippen MR) is 101 cm³/mol. The predicted octanol–water partition coefficient (Wildman–Crippen LogP) is 3.98. The van der Waals surface area contributed by atoms with Crippen LogP contribution in [0.2, 0.25) is 0 Å². The van der Waals surface area contributed by atoms with Crippen LogP contribution >= 0.6 is 15.9 Å². The molecule has 1 heterocycles. The van der Waals surface area contributed by atoms with E-state index in [2.05, 4.69) is 21.2 Å². The largest absolute Gasteiger partial charge is 0.481 e. The number of carbonyl (C=O) groups is 2. The van der Waals surface area contributed by atoms with Gasteiger partial charge in [-0.1, -0.05) is 15.9 Å². The van der Waals surface area contributed by atoms with Crippen molar-refractivity contribution in [1.29, 1.82) is 0 Å². The molecule has 0 bridgehead atoms. The van der Waals surface area contributed by atoms with Gasteiger partial charge in [-0.3, -0.25) is 9.59 Å². The maximum atomic E-state index is 12.3. The summed E-state index contributed by atoms with van der Waals surface area (Å²) in [6.07, 6.45) is 0.868. The van der Waals surface area contributed by atoms with Crippen LogP contribution in [0.4, 0.5) is 11.4 Å². The van der Waals surface area contributed by atoms with Gasteiger partial charge in [0.1, 0.15) is 5.75 Å². The topological polar surface area (TPSA) is 58.6 Å². The molecule has 2 aromatic rings. The average Bonchev–Trinajstić information content (AvgIpc) is 3.03. The fourth-order valence-electron chi connectivity index (χ4n) is 2.66. The molecule has 1 aliphatic rings. The quantitative estimate of drug-likeness (QED) is 0.822. The first-order valence-electron chi connectivity index (χ1n) is 8.16. The van der Waals surface area contributed by atoms with Gasteiger partial charge in [-0.15, -0.1) is 0 Å². The lowest BCUT2D eigenvalue weighted by molar-refractivity contribution is -0.122. The number of anilines is 2. The summed E-state index contributed by atoms with van der Waals surface area (Å²) in [6.45, 7) is 2.46. The molecule has 3 rings (SSSR count). The zero-order valence-corrected chi connectivity index (χ0v) is 15.5. The summed E-state index contributed by atoms with van der Waals surface area (Å²) in [7, 11) is 0. The van der Waals surface area contributed by atoms with E-state index in [4.69, 9.17) is 4.74 Å². The highest BCUT2D eigenvalue weighted by atomic mass is 79.9. The Kier molecular flexibility index (Phi) is 5.38. The molecular formula is C19H19BrN2O3. The molecule has 2 amide bonds. The molecule has 1 N–H and O–H groups in total. The molecule has 5 nitrogen and oxygen atoms in total. The van der Waals surface area contributed by atoms with E-state index in [1.807, 2.05) is 24.3 Å². The standard InChI is InChI=1S/C19H19BrN2O3/c1-13(25-17-10-4-14(20)5-11-17)19(24)21-15-6-8-16(9-7-15)22-12-2-3-18(22)23/h4-11,13H,2-3,12H2,1H3,(H,21,24)/t13-/m0/s1. The Hall–Kier alpha value is -2.34. The number of rotatable bonds is 5. The van der Waals surface area contributed by atoms with Gasteiger partial charge in [-0.25, -0.2) is 0 Å². The first-order valence-corrected chi connectivity index (χ1v) is 8.96. The van der Waals surface area contributed by atoms with E-state index in [1.54, 1.807) is 36.1 Å². The Morgan fingerprint density at radius 2 is 1.84 bits per heavy atom. The molecule has 1 atom stereocenters. The molecule has 0 spiro atoms. The highest BCUT2D eigenvalue weighted by Gasteiger charge is 2.21. The summed E-state index contributed by atoms with van der Waals surface area (Å²) in [5.74, 6) is 0.551. The number of hydrogen-bond acceptors (Lipinski definition) is 3. The summed E-state index contributed by atoms with van der Waals surface area (Å²) in [4.78, 5) is 25.8. The van der Waals surface area contributed by atoms with Crippen LogP contribution < -0.4 is 15.0 Å². The zero-order chi connectivity index (χ0) is 17.8. The van der Waals surface area contributed by atoms with Gasteiger partial charge < -0.3 is 15.0 Å². The second kappa shape index (κ2) is 7.70. The van der Waals surface area contributed by atoms with E-state index in [0.29, 0.717) is 17.9 Å². The third-order valence-electron chi connectivity index (χ3n) is 4.02. The number of carbonyl (C=O) groups excluding carboxylic acids is 2. The Balaban J connectivity index is 1.58. The molecule has 25 heavy (non-hydrogen) atoms. The molecule has 1 fully saturated rings. The number of benzene rings is 2. The summed E-state index contributed by atoms with van der Waals surface area (Å²) < 4.78 is 6.59. The second-order valence-electron chi connectivity index (χ2n) is 5.90. The van der Waals surface area contributed by atoms with Gasteiger partial charge in [0, 0.05) is 28.8 Å². The van der Waals surface area contributed by atoms with Crippen molar-refractivity contribution >= 4 is 39.1 Å². The maximum Gasteiger partial charge on any atom is 0.265 e. The van der Waals surface area contributed by atoms with Crippen LogP contribution in [0.1, 0.15) is 19.8 Å². The molecule has 2 aromatic carbocycles. The summed E-state index contributed by atoms with van der Waals surface area (Å²) in [5, 5.41) is 2.83. The lowest BCUT2D eigenvalue weighted by atomic mass is 10.2. The van der Waals surface area contributed by atoms with Crippen LogP contribution in [-0.4, -0.2) is 24.5 Å². The van der Waals surface area contributed by atoms with Crippen molar-refractivity contribution in [2.75, 3.05) is 16.8 Å². The first kappa shape index (κ1) is 17.5. The third kappa shape index (κ3) is 4.39. The monoisotopic (exact) mass is 402 g/mol. The fraction of sp³-hybridized carbons (Fsp3) is 0.263. The van der Waals surface area contributed by atoms with Crippen molar-refractivity contribution in [1.82, 2.24) is 0 Å². The second-order valence-corrected chi connectivity index (χ2v) is 6.81. The van der Waals surface area contributed by atoms with E-state index in [0.717, 1.165) is 23.1 Å². The molecular weight excluding hydrogens is 384 g/mol. The van der Waals surface area contributed by atoms with Crippen LogP contribution in [-0.2, 0) is 9.59 Å². The van der Waals surface area contributed by atoms with Gasteiger partial charge in [-0.05, 0) is 61.9 Å². The summed E-state index contributed by atoms with van der Waals surface area (Å²) >= 11 is 3.36. The molecule has 0 radical (unpaired) electrons. The molecule has 1 aliphatic heterocycles. The van der Waals surface area contributed by atoms with Crippen LogP contribution in [0, 0.1) is 0 Å². The maximum absolute atomic E-state index is 12.3. The molecule has 0 unspecified atom stereocenters. The van der Waals surface area contributed by atoms with Crippen LogP contribution in [0.5, 0.6) is 5.75 Å².